The van der Waals surface area contributed by atoms with Crippen molar-refractivity contribution in [2.24, 2.45) is 0 Å². The minimum Gasteiger partial charge on any atom is -0.323 e. The molecule has 1 aromatic carbocycles. The van der Waals surface area contributed by atoms with E-state index in [9.17, 15) is 8.78 Å². The number of aromatic nitrogens is 5. The third-order valence-corrected chi connectivity index (χ3v) is 3.73. The Hall–Kier alpha value is -3.81. The number of benzene rings is 1. The Balaban J connectivity index is 1.82. The highest BCUT2D eigenvalue weighted by Gasteiger charge is 2.17. The molecule has 0 aliphatic rings. The van der Waals surface area contributed by atoms with E-state index in [0.717, 1.165) is 6.20 Å². The molecular formula is C19H12F2N6. The third kappa shape index (κ3) is 3.59. The van der Waals surface area contributed by atoms with Gasteiger partial charge in [-0.25, -0.2) is 13.8 Å². The first-order valence-corrected chi connectivity index (χ1v) is 7.98. The molecule has 0 radical (unpaired) electrons. The smallest absolute Gasteiger partial charge is 0.247 e. The molecular weight excluding hydrogens is 350 g/mol. The summed E-state index contributed by atoms with van der Waals surface area (Å²) >= 11 is 0. The summed E-state index contributed by atoms with van der Waals surface area (Å²) in [5.41, 5.74) is 1.98. The van der Waals surface area contributed by atoms with Crippen molar-refractivity contribution in [3.05, 3.63) is 78.9 Å². The molecule has 0 saturated heterocycles. The minimum absolute atomic E-state index is 0.151. The topological polar surface area (TPSA) is 76.5 Å². The lowest BCUT2D eigenvalue weighted by atomic mass is 10.1. The van der Waals surface area contributed by atoms with E-state index in [1.54, 1.807) is 36.7 Å². The molecule has 4 rings (SSSR count). The van der Waals surface area contributed by atoms with Crippen LogP contribution in [-0.2, 0) is 0 Å². The van der Waals surface area contributed by atoms with Crippen LogP contribution < -0.4 is 5.32 Å². The fourth-order valence-corrected chi connectivity index (χ4v) is 2.53. The minimum atomic E-state index is -0.537. The molecule has 3 heterocycles. The molecule has 0 aliphatic heterocycles. The Morgan fingerprint density at radius 3 is 2.48 bits per heavy atom. The van der Waals surface area contributed by atoms with Gasteiger partial charge >= 0.3 is 0 Å². The van der Waals surface area contributed by atoms with Crippen LogP contribution in [0.1, 0.15) is 0 Å². The van der Waals surface area contributed by atoms with Gasteiger partial charge in [0.05, 0.1) is 6.20 Å². The molecule has 8 heteroatoms. The van der Waals surface area contributed by atoms with Gasteiger partial charge in [-0.05, 0) is 36.4 Å². The first-order valence-electron chi connectivity index (χ1n) is 7.98. The van der Waals surface area contributed by atoms with Gasteiger partial charge in [0.25, 0.3) is 0 Å². The Morgan fingerprint density at radius 1 is 0.815 bits per heavy atom. The average molecular weight is 362 g/mol. The van der Waals surface area contributed by atoms with Crippen molar-refractivity contribution in [2.75, 3.05) is 5.32 Å². The fraction of sp³-hybridized carbons (Fsp3) is 0. The molecule has 0 bridgehead atoms. The van der Waals surface area contributed by atoms with Gasteiger partial charge in [-0.15, -0.1) is 10.2 Å². The van der Waals surface area contributed by atoms with Crippen molar-refractivity contribution in [3.63, 3.8) is 0 Å². The van der Waals surface area contributed by atoms with E-state index < -0.39 is 11.6 Å². The molecule has 132 valence electrons. The van der Waals surface area contributed by atoms with Crippen LogP contribution in [0, 0.1) is 11.6 Å². The van der Waals surface area contributed by atoms with Crippen molar-refractivity contribution < 1.29 is 8.78 Å². The molecule has 0 saturated carbocycles. The molecule has 27 heavy (non-hydrogen) atoms. The maximum Gasteiger partial charge on any atom is 0.247 e. The van der Waals surface area contributed by atoms with Gasteiger partial charge in [0, 0.05) is 35.4 Å². The van der Waals surface area contributed by atoms with Crippen LogP contribution >= 0.6 is 0 Å². The highest BCUT2D eigenvalue weighted by Crippen LogP contribution is 2.30. The second-order valence-electron chi connectivity index (χ2n) is 5.57. The van der Waals surface area contributed by atoms with E-state index in [2.05, 4.69) is 30.5 Å². The molecule has 0 unspecified atom stereocenters. The standard InChI is InChI=1S/C19H12F2N6/c20-13-4-1-5-14(9-13)24-19-25-17(12-3-2-7-22-10-12)18(26-27-19)15-6-8-23-11-16(15)21/h1-11H,(H,24,25,27). The molecule has 0 amide bonds. The van der Waals surface area contributed by atoms with E-state index >= 15 is 0 Å². The second-order valence-corrected chi connectivity index (χ2v) is 5.57. The number of nitrogens with zero attached hydrogens (tertiary/aromatic N) is 5. The summed E-state index contributed by atoms with van der Waals surface area (Å²) in [7, 11) is 0. The van der Waals surface area contributed by atoms with Crippen LogP contribution in [0.5, 0.6) is 0 Å². The normalized spacial score (nSPS) is 10.6. The van der Waals surface area contributed by atoms with Crippen molar-refractivity contribution in [1.29, 1.82) is 0 Å². The van der Waals surface area contributed by atoms with E-state index in [-0.39, 0.29) is 17.2 Å². The summed E-state index contributed by atoms with van der Waals surface area (Å²) in [4.78, 5) is 12.3. The number of pyridine rings is 2. The predicted molar refractivity (Wildman–Crippen MR) is 95.9 cm³/mol. The van der Waals surface area contributed by atoms with Gasteiger partial charge in [0.15, 0.2) is 5.82 Å². The zero-order valence-electron chi connectivity index (χ0n) is 13.8. The van der Waals surface area contributed by atoms with Crippen molar-refractivity contribution in [2.45, 2.75) is 0 Å². The van der Waals surface area contributed by atoms with Gasteiger partial charge in [0.2, 0.25) is 5.95 Å². The number of hydrogen-bond acceptors (Lipinski definition) is 6. The highest BCUT2D eigenvalue weighted by molar-refractivity contribution is 5.78. The number of hydrogen-bond donors (Lipinski definition) is 1. The summed E-state index contributed by atoms with van der Waals surface area (Å²) in [5.74, 6) is -0.779. The first kappa shape index (κ1) is 16.6. The third-order valence-electron chi connectivity index (χ3n) is 3.73. The Morgan fingerprint density at radius 2 is 1.70 bits per heavy atom. The van der Waals surface area contributed by atoms with Crippen LogP contribution in [-0.4, -0.2) is 25.1 Å². The molecule has 4 aromatic rings. The average Bonchev–Trinajstić information content (AvgIpc) is 2.69. The number of anilines is 2. The molecule has 1 N–H and O–H groups in total. The van der Waals surface area contributed by atoms with Crippen LogP contribution in [0.25, 0.3) is 22.5 Å². The van der Waals surface area contributed by atoms with Crippen LogP contribution in [0.15, 0.2) is 67.3 Å². The number of nitrogens with one attached hydrogen (secondary N) is 1. The van der Waals surface area contributed by atoms with Gasteiger partial charge in [-0.3, -0.25) is 9.97 Å². The summed E-state index contributed by atoms with van der Waals surface area (Å²) in [6.07, 6.45) is 5.78. The van der Waals surface area contributed by atoms with Crippen LogP contribution in [0.4, 0.5) is 20.4 Å². The summed E-state index contributed by atoms with van der Waals surface area (Å²) < 4.78 is 27.6. The van der Waals surface area contributed by atoms with Gasteiger partial charge in [-0.1, -0.05) is 6.07 Å². The lowest BCUT2D eigenvalue weighted by Crippen LogP contribution is -2.04. The second kappa shape index (κ2) is 7.20. The van der Waals surface area contributed by atoms with Crippen molar-refractivity contribution in [3.8, 4) is 22.5 Å². The van der Waals surface area contributed by atoms with Crippen molar-refractivity contribution in [1.82, 2.24) is 25.1 Å². The quantitative estimate of drug-likeness (QED) is 0.591. The fourth-order valence-electron chi connectivity index (χ4n) is 2.53. The van der Waals surface area contributed by atoms with Gasteiger partial charge in [-0.2, -0.15) is 0 Å². The van der Waals surface area contributed by atoms with Crippen LogP contribution in [0.2, 0.25) is 0 Å². The largest absolute Gasteiger partial charge is 0.323 e. The van der Waals surface area contributed by atoms with E-state index in [0.29, 0.717) is 16.9 Å². The molecule has 0 spiro atoms. The SMILES string of the molecule is Fc1cccc(Nc2nnc(-c3ccncc3F)c(-c3cccnc3)n2)c1. The first-order chi connectivity index (χ1) is 13.2. The predicted octanol–water partition coefficient (Wildman–Crippen LogP) is 4.02. The van der Waals surface area contributed by atoms with E-state index in [1.807, 2.05) is 0 Å². The molecule has 0 atom stereocenters. The maximum atomic E-state index is 14.2. The van der Waals surface area contributed by atoms with E-state index in [4.69, 9.17) is 0 Å². The highest BCUT2D eigenvalue weighted by atomic mass is 19.1. The monoisotopic (exact) mass is 362 g/mol. The Bertz CT molecular complexity index is 1090. The molecule has 3 aromatic heterocycles. The zero-order valence-corrected chi connectivity index (χ0v) is 13.8. The van der Waals surface area contributed by atoms with Gasteiger partial charge in [0.1, 0.15) is 17.2 Å². The molecule has 0 aliphatic carbocycles. The van der Waals surface area contributed by atoms with Gasteiger partial charge < -0.3 is 5.32 Å². The van der Waals surface area contributed by atoms with E-state index in [1.165, 1.54) is 24.4 Å². The summed E-state index contributed by atoms with van der Waals surface area (Å²) in [6, 6.07) is 10.9. The van der Waals surface area contributed by atoms with Crippen LogP contribution in [0.3, 0.4) is 0 Å². The zero-order chi connectivity index (χ0) is 18.6. The lowest BCUT2D eigenvalue weighted by molar-refractivity contribution is 0.624. The Kier molecular flexibility index (Phi) is 4.44. The maximum absolute atomic E-state index is 14.2. The number of rotatable bonds is 4. The summed E-state index contributed by atoms with van der Waals surface area (Å²) in [6.45, 7) is 0. The summed E-state index contributed by atoms with van der Waals surface area (Å²) in [5, 5.41) is 11.0. The molecule has 6 nitrogen and oxygen atoms in total. The number of halogens is 2. The van der Waals surface area contributed by atoms with Crippen molar-refractivity contribution >= 4 is 11.6 Å². The Labute approximate surface area is 153 Å². The molecule has 0 fully saturated rings. The lowest BCUT2D eigenvalue weighted by Gasteiger charge is -2.11.